The minimum atomic E-state index is -1.26. The van der Waals surface area contributed by atoms with E-state index in [9.17, 15) is 28.8 Å². The Labute approximate surface area is 191 Å². The molecule has 15 heteroatoms. The number of ether oxygens (including phenoxy) is 4. The highest BCUT2D eigenvalue weighted by atomic mass is 16.7. The number of hydrogen-bond acceptors (Lipinski definition) is 13. The third kappa shape index (κ3) is 5.14. The zero-order chi connectivity index (χ0) is 25.2. The topological polar surface area (TPSA) is 196 Å². The Bertz CT molecular complexity index is 1020. The lowest BCUT2D eigenvalue weighted by atomic mass is 10.1. The van der Waals surface area contributed by atoms with Gasteiger partial charge in [0.15, 0.2) is 24.1 Å². The Morgan fingerprint density at radius 1 is 1.03 bits per heavy atom. The van der Waals surface area contributed by atoms with Gasteiger partial charge in [-0.1, -0.05) is 0 Å². The maximum absolute atomic E-state index is 12.5. The van der Waals surface area contributed by atoms with Crippen LogP contribution in [0.2, 0.25) is 0 Å². The molecule has 1 aromatic heterocycles. The van der Waals surface area contributed by atoms with Crippen LogP contribution in [-0.2, 0) is 47.8 Å². The molecule has 1 aromatic rings. The molecule has 0 radical (unpaired) electrons. The summed E-state index contributed by atoms with van der Waals surface area (Å²) < 4.78 is 22.4. The van der Waals surface area contributed by atoms with Gasteiger partial charge < -0.3 is 29.5 Å². The number of carbonyl (C=O) groups is 6. The fraction of sp³-hybridized carbons (Fsp3) is 0.526. The van der Waals surface area contributed by atoms with Gasteiger partial charge >= 0.3 is 23.9 Å². The van der Waals surface area contributed by atoms with E-state index in [1.54, 1.807) is 0 Å². The van der Waals surface area contributed by atoms with Crippen molar-refractivity contribution in [1.82, 2.24) is 14.6 Å². The molecule has 2 fully saturated rings. The summed E-state index contributed by atoms with van der Waals surface area (Å²) in [6.07, 6.45) is -3.89. The summed E-state index contributed by atoms with van der Waals surface area (Å²) in [6, 6.07) is 0. The van der Waals surface area contributed by atoms with Crippen molar-refractivity contribution in [2.75, 3.05) is 12.3 Å². The molecule has 4 atom stereocenters. The predicted octanol–water partition coefficient (Wildman–Crippen LogP) is -0.990. The fourth-order valence-electron chi connectivity index (χ4n) is 3.43. The number of imidazole rings is 1. The molecule has 0 saturated carbocycles. The monoisotopic (exact) mass is 482 g/mol. The average molecular weight is 482 g/mol. The number of anilines is 1. The maximum Gasteiger partial charge on any atom is 0.385 e. The standard InChI is InChI=1S/C19H22N4O11/c1-8(24)30-6-11-15(31-9(2)25)16(32-10(3)26)18(33-11)22-7-21-14(17(22)20)19(29)34-23-12(27)4-5-13(23)28/h7,11,15-16,18H,4-6,20H2,1-3H3/t11-,15-,16-,18-/m1/s1. The van der Waals surface area contributed by atoms with Crippen molar-refractivity contribution in [2.45, 2.75) is 58.2 Å². The highest BCUT2D eigenvalue weighted by Gasteiger charge is 2.51. The van der Waals surface area contributed by atoms with Gasteiger partial charge in [0.05, 0.1) is 6.33 Å². The molecule has 34 heavy (non-hydrogen) atoms. The van der Waals surface area contributed by atoms with Crippen LogP contribution >= 0.6 is 0 Å². The molecule has 0 spiro atoms. The fourth-order valence-corrected chi connectivity index (χ4v) is 3.43. The number of carbonyl (C=O) groups excluding carboxylic acids is 6. The zero-order valence-electron chi connectivity index (χ0n) is 18.4. The summed E-state index contributed by atoms with van der Waals surface area (Å²) in [5, 5.41) is 0.334. The van der Waals surface area contributed by atoms with Gasteiger partial charge in [-0.3, -0.25) is 28.5 Å². The molecule has 0 aliphatic carbocycles. The molecule has 2 aliphatic heterocycles. The Balaban J connectivity index is 1.89. The van der Waals surface area contributed by atoms with E-state index < -0.39 is 65.9 Å². The van der Waals surface area contributed by atoms with E-state index in [0.717, 1.165) is 24.7 Å². The van der Waals surface area contributed by atoms with Gasteiger partial charge in [-0.05, 0) is 0 Å². The molecule has 0 bridgehead atoms. The minimum Gasteiger partial charge on any atom is -0.463 e. The minimum absolute atomic E-state index is 0.0999. The smallest absolute Gasteiger partial charge is 0.385 e. The Kier molecular flexibility index (Phi) is 7.14. The van der Waals surface area contributed by atoms with Crippen LogP contribution in [0.15, 0.2) is 6.33 Å². The van der Waals surface area contributed by atoms with E-state index in [1.165, 1.54) is 6.92 Å². The predicted molar refractivity (Wildman–Crippen MR) is 105 cm³/mol. The van der Waals surface area contributed by atoms with Crippen molar-refractivity contribution in [3.8, 4) is 0 Å². The lowest BCUT2D eigenvalue weighted by Gasteiger charge is -2.24. The number of amides is 2. The molecule has 15 nitrogen and oxygen atoms in total. The van der Waals surface area contributed by atoms with Crippen molar-refractivity contribution in [3.05, 3.63) is 12.0 Å². The van der Waals surface area contributed by atoms with Crippen LogP contribution in [0.4, 0.5) is 5.82 Å². The molecular weight excluding hydrogens is 460 g/mol. The number of nitrogens with two attached hydrogens (primary N) is 1. The number of hydrogen-bond donors (Lipinski definition) is 1. The molecule has 0 unspecified atom stereocenters. The average Bonchev–Trinajstić information content (AvgIpc) is 3.37. The third-order valence-electron chi connectivity index (χ3n) is 4.82. The Morgan fingerprint density at radius 3 is 2.18 bits per heavy atom. The van der Waals surface area contributed by atoms with Crippen molar-refractivity contribution in [2.24, 2.45) is 0 Å². The van der Waals surface area contributed by atoms with E-state index in [1.807, 2.05) is 0 Å². The molecule has 2 N–H and O–H groups in total. The highest BCUT2D eigenvalue weighted by Crippen LogP contribution is 2.36. The van der Waals surface area contributed by atoms with Crippen molar-refractivity contribution in [3.63, 3.8) is 0 Å². The van der Waals surface area contributed by atoms with E-state index in [4.69, 9.17) is 29.5 Å². The largest absolute Gasteiger partial charge is 0.463 e. The molecule has 3 heterocycles. The molecule has 3 rings (SSSR count). The van der Waals surface area contributed by atoms with E-state index in [2.05, 4.69) is 4.98 Å². The highest BCUT2D eigenvalue weighted by molar-refractivity contribution is 6.03. The lowest BCUT2D eigenvalue weighted by molar-refractivity contribution is -0.172. The number of hydroxylamine groups is 2. The molecule has 184 valence electrons. The number of nitrogen functional groups attached to an aromatic ring is 1. The number of rotatable bonds is 7. The first-order valence-electron chi connectivity index (χ1n) is 10.0. The van der Waals surface area contributed by atoms with E-state index in [-0.39, 0.29) is 25.3 Å². The summed E-state index contributed by atoms with van der Waals surface area (Å²) in [5.41, 5.74) is 5.58. The van der Waals surface area contributed by atoms with Crippen molar-refractivity contribution >= 4 is 41.5 Å². The van der Waals surface area contributed by atoms with Crippen LogP contribution in [0.3, 0.4) is 0 Å². The summed E-state index contributed by atoms with van der Waals surface area (Å²) >= 11 is 0. The van der Waals surface area contributed by atoms with Gasteiger partial charge in [-0.2, -0.15) is 0 Å². The summed E-state index contributed by atoms with van der Waals surface area (Å²) in [7, 11) is 0. The Hall–Kier alpha value is -4.01. The first kappa shape index (κ1) is 24.6. The van der Waals surface area contributed by atoms with Crippen LogP contribution in [0.25, 0.3) is 0 Å². The van der Waals surface area contributed by atoms with Crippen molar-refractivity contribution in [1.29, 1.82) is 0 Å². The SMILES string of the molecule is CC(=O)OC[C@H]1O[C@@H](n2cnc(C(=O)ON3C(=O)CCC3=O)c2N)[C@H](OC(C)=O)[C@@H]1OC(C)=O. The van der Waals surface area contributed by atoms with Crippen molar-refractivity contribution < 1.29 is 52.6 Å². The number of esters is 3. The first-order chi connectivity index (χ1) is 16.0. The normalized spacial score (nSPS) is 24.1. The summed E-state index contributed by atoms with van der Waals surface area (Å²) in [5.74, 6) is -4.98. The van der Waals surface area contributed by atoms with Gasteiger partial charge in [0.2, 0.25) is 0 Å². The number of nitrogens with zero attached hydrogens (tertiary/aromatic N) is 3. The lowest BCUT2D eigenvalue weighted by Crippen LogP contribution is -2.40. The molecular formula is C19H22N4O11. The van der Waals surface area contributed by atoms with E-state index in [0.29, 0.717) is 5.06 Å². The van der Waals surface area contributed by atoms with Gasteiger partial charge in [-0.15, -0.1) is 5.06 Å². The van der Waals surface area contributed by atoms with Gasteiger partial charge in [0.25, 0.3) is 11.8 Å². The number of imide groups is 1. The quantitative estimate of drug-likeness (QED) is 0.283. The second kappa shape index (κ2) is 9.86. The summed E-state index contributed by atoms with van der Waals surface area (Å²) in [4.78, 5) is 79.2. The van der Waals surface area contributed by atoms with Crippen LogP contribution < -0.4 is 5.73 Å². The second-order valence-electron chi connectivity index (χ2n) is 7.36. The molecule has 2 saturated heterocycles. The van der Waals surface area contributed by atoms with Gasteiger partial charge in [0, 0.05) is 33.6 Å². The van der Waals surface area contributed by atoms with Crippen LogP contribution in [0, 0.1) is 0 Å². The molecule has 2 amide bonds. The number of aromatic nitrogens is 2. The van der Waals surface area contributed by atoms with Gasteiger partial charge in [0.1, 0.15) is 18.5 Å². The summed E-state index contributed by atoms with van der Waals surface area (Å²) in [6.45, 7) is 3.07. The molecule has 0 aromatic carbocycles. The van der Waals surface area contributed by atoms with Crippen LogP contribution in [-0.4, -0.2) is 75.2 Å². The van der Waals surface area contributed by atoms with Crippen LogP contribution in [0.1, 0.15) is 50.3 Å². The van der Waals surface area contributed by atoms with Gasteiger partial charge in [-0.25, -0.2) is 9.78 Å². The van der Waals surface area contributed by atoms with E-state index >= 15 is 0 Å². The second-order valence-corrected chi connectivity index (χ2v) is 7.36. The first-order valence-corrected chi connectivity index (χ1v) is 10.0. The maximum atomic E-state index is 12.5. The zero-order valence-corrected chi connectivity index (χ0v) is 18.4. The van der Waals surface area contributed by atoms with Crippen LogP contribution in [0.5, 0.6) is 0 Å². The molecule has 2 aliphatic rings. The third-order valence-corrected chi connectivity index (χ3v) is 4.82. The Morgan fingerprint density at radius 2 is 1.62 bits per heavy atom.